The molecule has 3 rings (SSSR count). The first-order chi connectivity index (χ1) is 13.3. The first kappa shape index (κ1) is 19.7. The SMILES string of the molecule is CCN(CC(=O)N1c2ccccc2NC(=O)CC1C(F)(F)F)c1ccccc1. The van der Waals surface area contributed by atoms with Gasteiger partial charge in [-0.15, -0.1) is 0 Å². The first-order valence-corrected chi connectivity index (χ1v) is 8.89. The highest BCUT2D eigenvalue weighted by Gasteiger charge is 2.49. The van der Waals surface area contributed by atoms with Gasteiger partial charge in [-0.25, -0.2) is 0 Å². The van der Waals surface area contributed by atoms with E-state index in [1.165, 1.54) is 12.1 Å². The van der Waals surface area contributed by atoms with Crippen molar-refractivity contribution >= 4 is 28.9 Å². The van der Waals surface area contributed by atoms with Crippen LogP contribution < -0.4 is 15.1 Å². The summed E-state index contributed by atoms with van der Waals surface area (Å²) in [6.07, 6.45) is -5.59. The van der Waals surface area contributed by atoms with Gasteiger partial charge in [0.25, 0.3) is 0 Å². The average Bonchev–Trinajstić information content (AvgIpc) is 2.82. The Hall–Kier alpha value is -3.03. The van der Waals surface area contributed by atoms with Crippen molar-refractivity contribution in [3.05, 3.63) is 54.6 Å². The van der Waals surface area contributed by atoms with Gasteiger partial charge in [-0.05, 0) is 31.2 Å². The molecule has 1 atom stereocenters. The third-order valence-electron chi connectivity index (χ3n) is 4.60. The summed E-state index contributed by atoms with van der Waals surface area (Å²) in [6.45, 7) is 2.03. The molecule has 1 aliphatic rings. The smallest absolute Gasteiger partial charge is 0.362 e. The molecule has 0 aliphatic carbocycles. The summed E-state index contributed by atoms with van der Waals surface area (Å²) in [6, 6.07) is 12.8. The van der Waals surface area contributed by atoms with Gasteiger partial charge in [0.15, 0.2) is 0 Å². The van der Waals surface area contributed by atoms with Gasteiger partial charge in [0.05, 0.1) is 24.3 Å². The Morgan fingerprint density at radius 2 is 1.79 bits per heavy atom. The second-order valence-electron chi connectivity index (χ2n) is 6.44. The third kappa shape index (κ3) is 4.11. The lowest BCUT2D eigenvalue weighted by Gasteiger charge is -2.34. The molecule has 1 aliphatic heterocycles. The molecule has 1 N–H and O–H groups in total. The lowest BCUT2D eigenvalue weighted by atomic mass is 10.1. The molecule has 1 heterocycles. The molecule has 0 saturated heterocycles. The number of benzene rings is 2. The van der Waals surface area contributed by atoms with Crippen molar-refractivity contribution in [2.24, 2.45) is 0 Å². The number of hydrogen-bond donors (Lipinski definition) is 1. The highest BCUT2D eigenvalue weighted by atomic mass is 19.4. The lowest BCUT2D eigenvalue weighted by Crippen LogP contribution is -2.52. The van der Waals surface area contributed by atoms with Crippen LogP contribution in [-0.2, 0) is 9.59 Å². The van der Waals surface area contributed by atoms with E-state index in [1.807, 2.05) is 13.0 Å². The molecule has 2 aromatic rings. The van der Waals surface area contributed by atoms with Crippen molar-refractivity contribution in [2.45, 2.75) is 25.6 Å². The van der Waals surface area contributed by atoms with Gasteiger partial charge in [-0.2, -0.15) is 13.2 Å². The Labute approximate surface area is 160 Å². The van der Waals surface area contributed by atoms with E-state index in [1.54, 1.807) is 41.3 Å². The van der Waals surface area contributed by atoms with Crippen LogP contribution in [0.5, 0.6) is 0 Å². The second-order valence-corrected chi connectivity index (χ2v) is 6.44. The topological polar surface area (TPSA) is 52.7 Å². The Bertz CT molecular complexity index is 855. The van der Waals surface area contributed by atoms with Gasteiger partial charge in [-0.3, -0.25) is 14.5 Å². The van der Waals surface area contributed by atoms with E-state index in [4.69, 9.17) is 0 Å². The van der Waals surface area contributed by atoms with Crippen molar-refractivity contribution in [1.82, 2.24) is 0 Å². The maximum absolute atomic E-state index is 13.8. The van der Waals surface area contributed by atoms with Crippen molar-refractivity contribution in [1.29, 1.82) is 0 Å². The largest absolute Gasteiger partial charge is 0.409 e. The molecule has 0 saturated carbocycles. The minimum absolute atomic E-state index is 0.0461. The Balaban J connectivity index is 1.99. The molecule has 28 heavy (non-hydrogen) atoms. The number of fused-ring (bicyclic) bond motifs is 1. The van der Waals surface area contributed by atoms with Crippen molar-refractivity contribution in [3.63, 3.8) is 0 Å². The highest BCUT2D eigenvalue weighted by molar-refractivity contribution is 6.05. The zero-order chi connectivity index (χ0) is 20.3. The zero-order valence-electron chi connectivity index (χ0n) is 15.2. The predicted molar refractivity (Wildman–Crippen MR) is 101 cm³/mol. The van der Waals surface area contributed by atoms with E-state index < -0.39 is 30.5 Å². The van der Waals surface area contributed by atoms with Crippen molar-refractivity contribution < 1.29 is 22.8 Å². The lowest BCUT2D eigenvalue weighted by molar-refractivity contribution is -0.157. The number of carbonyl (C=O) groups is 2. The molecule has 0 radical (unpaired) electrons. The molecular formula is C20H20F3N3O2. The van der Waals surface area contributed by atoms with Crippen LogP contribution in [0.3, 0.4) is 0 Å². The van der Waals surface area contributed by atoms with Crippen LogP contribution in [0, 0.1) is 0 Å². The number of halogens is 3. The summed E-state index contributed by atoms with van der Waals surface area (Å²) in [5.74, 6) is -1.50. The summed E-state index contributed by atoms with van der Waals surface area (Å²) in [5.41, 5.74) is 0.972. The molecule has 2 amide bonds. The minimum Gasteiger partial charge on any atom is -0.362 e. The quantitative estimate of drug-likeness (QED) is 0.862. The molecule has 148 valence electrons. The maximum atomic E-state index is 13.8. The molecule has 1 unspecified atom stereocenters. The van der Waals surface area contributed by atoms with Crippen LogP contribution in [0.2, 0.25) is 0 Å². The van der Waals surface area contributed by atoms with E-state index in [0.717, 1.165) is 5.69 Å². The fourth-order valence-corrected chi connectivity index (χ4v) is 3.26. The van der Waals surface area contributed by atoms with Crippen LogP contribution in [-0.4, -0.2) is 37.1 Å². The molecule has 0 aromatic heterocycles. The number of para-hydroxylation sites is 3. The average molecular weight is 391 g/mol. The Morgan fingerprint density at radius 1 is 1.14 bits per heavy atom. The van der Waals surface area contributed by atoms with E-state index in [-0.39, 0.29) is 17.9 Å². The molecular weight excluding hydrogens is 371 g/mol. The number of nitrogens with zero attached hydrogens (tertiary/aromatic N) is 2. The molecule has 0 bridgehead atoms. The number of likely N-dealkylation sites (N-methyl/N-ethyl adjacent to an activating group) is 1. The first-order valence-electron chi connectivity index (χ1n) is 8.89. The molecule has 0 spiro atoms. The number of anilines is 3. The highest BCUT2D eigenvalue weighted by Crippen LogP contribution is 2.37. The van der Waals surface area contributed by atoms with Crippen LogP contribution in [0.4, 0.5) is 30.2 Å². The number of amides is 2. The summed E-state index contributed by atoms with van der Waals surface area (Å²) in [7, 11) is 0. The number of nitrogens with one attached hydrogen (secondary N) is 1. The Morgan fingerprint density at radius 3 is 2.43 bits per heavy atom. The zero-order valence-corrected chi connectivity index (χ0v) is 15.2. The van der Waals surface area contributed by atoms with Crippen molar-refractivity contribution in [3.8, 4) is 0 Å². The number of rotatable bonds is 4. The van der Waals surface area contributed by atoms with E-state index in [0.29, 0.717) is 11.4 Å². The van der Waals surface area contributed by atoms with Crippen LogP contribution in [0.1, 0.15) is 13.3 Å². The van der Waals surface area contributed by atoms with E-state index in [9.17, 15) is 22.8 Å². The van der Waals surface area contributed by atoms with Gasteiger partial charge in [-0.1, -0.05) is 30.3 Å². The van der Waals surface area contributed by atoms with E-state index in [2.05, 4.69) is 5.32 Å². The van der Waals surface area contributed by atoms with Gasteiger partial charge < -0.3 is 10.2 Å². The third-order valence-corrected chi connectivity index (χ3v) is 4.60. The monoisotopic (exact) mass is 391 g/mol. The second kappa shape index (κ2) is 7.92. The Kier molecular flexibility index (Phi) is 5.58. The fourth-order valence-electron chi connectivity index (χ4n) is 3.26. The number of hydrogen-bond acceptors (Lipinski definition) is 3. The summed E-state index contributed by atoms with van der Waals surface area (Å²) in [4.78, 5) is 27.5. The molecule has 0 fully saturated rings. The standard InChI is InChI=1S/C20H20F3N3O2/c1-2-25(14-8-4-3-5-9-14)13-19(28)26-16-11-7-6-10-15(16)24-18(27)12-17(26)20(21,22)23/h3-11,17H,2,12-13H2,1H3,(H,24,27). The minimum atomic E-state index is -4.74. The number of alkyl halides is 3. The summed E-state index contributed by atoms with van der Waals surface area (Å²) < 4.78 is 41.3. The van der Waals surface area contributed by atoms with E-state index >= 15 is 0 Å². The van der Waals surface area contributed by atoms with Gasteiger partial charge in [0, 0.05) is 12.2 Å². The molecule has 8 heteroatoms. The van der Waals surface area contributed by atoms with Crippen LogP contribution in [0.25, 0.3) is 0 Å². The van der Waals surface area contributed by atoms with Gasteiger partial charge >= 0.3 is 6.18 Å². The maximum Gasteiger partial charge on any atom is 0.409 e. The van der Waals surface area contributed by atoms with Crippen LogP contribution in [0.15, 0.2) is 54.6 Å². The normalized spacial score (nSPS) is 16.8. The van der Waals surface area contributed by atoms with Crippen LogP contribution >= 0.6 is 0 Å². The molecule has 2 aromatic carbocycles. The summed E-state index contributed by atoms with van der Waals surface area (Å²) >= 11 is 0. The van der Waals surface area contributed by atoms with Gasteiger partial charge in [0.2, 0.25) is 11.8 Å². The summed E-state index contributed by atoms with van der Waals surface area (Å²) in [5, 5.41) is 2.46. The van der Waals surface area contributed by atoms with Crippen molar-refractivity contribution in [2.75, 3.05) is 28.2 Å². The molecule has 5 nitrogen and oxygen atoms in total. The predicted octanol–water partition coefficient (Wildman–Crippen LogP) is 3.82. The van der Waals surface area contributed by atoms with Gasteiger partial charge in [0.1, 0.15) is 6.04 Å². The number of carbonyl (C=O) groups excluding carboxylic acids is 2. The fraction of sp³-hybridized carbons (Fsp3) is 0.300.